The molecule has 0 bridgehead atoms. The molecule has 0 saturated heterocycles. The highest BCUT2D eigenvalue weighted by atomic mass is 127. The van der Waals surface area contributed by atoms with Gasteiger partial charge in [0.15, 0.2) is 17.5 Å². The maximum atomic E-state index is 13.9. The van der Waals surface area contributed by atoms with Gasteiger partial charge < -0.3 is 20.5 Å². The van der Waals surface area contributed by atoms with Crippen LogP contribution in [-0.2, 0) is 6.54 Å². The van der Waals surface area contributed by atoms with Crippen molar-refractivity contribution < 1.29 is 14.2 Å². The number of rotatable bonds is 6. The van der Waals surface area contributed by atoms with E-state index in [0.717, 1.165) is 11.1 Å². The van der Waals surface area contributed by atoms with Crippen LogP contribution in [0.25, 0.3) is 0 Å². The summed E-state index contributed by atoms with van der Waals surface area (Å²) in [4.78, 5) is 4.53. The van der Waals surface area contributed by atoms with Crippen molar-refractivity contribution in [2.75, 3.05) is 13.7 Å². The highest BCUT2D eigenvalue weighted by Gasteiger charge is 2.11. The van der Waals surface area contributed by atoms with Gasteiger partial charge in [-0.25, -0.2) is 9.38 Å². The normalized spacial score (nSPS) is 12.1. The van der Waals surface area contributed by atoms with Gasteiger partial charge in [0.05, 0.1) is 19.7 Å². The molecule has 0 aliphatic heterocycles. The third-order valence-electron chi connectivity index (χ3n) is 3.73. The standard InChI is InChI=1S/C19H24FN3O2.HI/c1-4-21-19(22-12-14-5-8-16(24)9-6-14)23-13(2)15-7-10-18(25-3)17(20)11-15;/h5-11,13,24H,4,12H2,1-3H3,(H2,21,22,23);1H. The molecule has 0 saturated carbocycles. The van der Waals surface area contributed by atoms with Gasteiger partial charge in [0.25, 0.3) is 0 Å². The second-order valence-electron chi connectivity index (χ2n) is 5.62. The van der Waals surface area contributed by atoms with E-state index in [1.54, 1.807) is 18.2 Å². The quantitative estimate of drug-likeness (QED) is 0.338. The van der Waals surface area contributed by atoms with Crippen LogP contribution in [0.5, 0.6) is 11.5 Å². The molecule has 0 radical (unpaired) electrons. The maximum absolute atomic E-state index is 13.9. The monoisotopic (exact) mass is 473 g/mol. The highest BCUT2D eigenvalue weighted by molar-refractivity contribution is 14.0. The van der Waals surface area contributed by atoms with Crippen LogP contribution in [0.2, 0.25) is 0 Å². The number of benzene rings is 2. The van der Waals surface area contributed by atoms with E-state index in [-0.39, 0.29) is 47.3 Å². The van der Waals surface area contributed by atoms with Gasteiger partial charge in [0, 0.05) is 6.54 Å². The van der Waals surface area contributed by atoms with Crippen molar-refractivity contribution in [2.24, 2.45) is 4.99 Å². The third-order valence-corrected chi connectivity index (χ3v) is 3.73. The topological polar surface area (TPSA) is 65.9 Å². The maximum Gasteiger partial charge on any atom is 0.192 e. The number of phenols is 1. The minimum Gasteiger partial charge on any atom is -0.508 e. The van der Waals surface area contributed by atoms with Crippen molar-refractivity contribution in [1.29, 1.82) is 0 Å². The fourth-order valence-corrected chi connectivity index (χ4v) is 2.33. The molecule has 0 spiro atoms. The zero-order chi connectivity index (χ0) is 18.2. The van der Waals surface area contributed by atoms with E-state index in [1.807, 2.05) is 32.0 Å². The zero-order valence-corrected chi connectivity index (χ0v) is 17.5. The van der Waals surface area contributed by atoms with Crippen molar-refractivity contribution in [1.82, 2.24) is 10.6 Å². The molecule has 0 aliphatic carbocycles. The molecular formula is C19H25FIN3O2. The van der Waals surface area contributed by atoms with Crippen LogP contribution < -0.4 is 15.4 Å². The Balaban J connectivity index is 0.00000338. The van der Waals surface area contributed by atoms with Crippen molar-refractivity contribution in [3.8, 4) is 11.5 Å². The van der Waals surface area contributed by atoms with Gasteiger partial charge in [-0.1, -0.05) is 18.2 Å². The van der Waals surface area contributed by atoms with Crippen molar-refractivity contribution >= 4 is 29.9 Å². The number of phenolic OH excluding ortho intramolecular Hbond substituents is 1. The summed E-state index contributed by atoms with van der Waals surface area (Å²) in [5.41, 5.74) is 1.78. The number of halogens is 2. The van der Waals surface area contributed by atoms with Gasteiger partial charge in [-0.2, -0.15) is 0 Å². The van der Waals surface area contributed by atoms with Crippen LogP contribution in [0.1, 0.15) is 31.0 Å². The Morgan fingerprint density at radius 3 is 2.50 bits per heavy atom. The van der Waals surface area contributed by atoms with E-state index in [9.17, 15) is 9.50 Å². The molecule has 0 aliphatic rings. The fourth-order valence-electron chi connectivity index (χ4n) is 2.33. The first kappa shape index (κ1) is 22.0. The van der Waals surface area contributed by atoms with Crippen LogP contribution >= 0.6 is 24.0 Å². The van der Waals surface area contributed by atoms with Crippen LogP contribution in [0.4, 0.5) is 4.39 Å². The zero-order valence-electron chi connectivity index (χ0n) is 15.1. The fraction of sp³-hybridized carbons (Fsp3) is 0.316. The van der Waals surface area contributed by atoms with Crippen LogP contribution in [0.3, 0.4) is 0 Å². The minimum absolute atomic E-state index is 0. The van der Waals surface area contributed by atoms with Crippen LogP contribution in [-0.4, -0.2) is 24.7 Å². The average molecular weight is 473 g/mol. The molecule has 142 valence electrons. The Kier molecular flexibility index (Phi) is 9.18. The van der Waals surface area contributed by atoms with Crippen LogP contribution in [0, 0.1) is 5.82 Å². The average Bonchev–Trinajstić information content (AvgIpc) is 2.61. The predicted molar refractivity (Wildman–Crippen MR) is 113 cm³/mol. The van der Waals surface area contributed by atoms with Gasteiger partial charge in [0.1, 0.15) is 5.75 Å². The van der Waals surface area contributed by atoms with E-state index in [4.69, 9.17) is 4.74 Å². The number of ether oxygens (including phenoxy) is 1. The predicted octanol–water partition coefficient (Wildman–Crippen LogP) is 3.97. The molecule has 2 rings (SSSR count). The Hall–Kier alpha value is -2.03. The Labute approximate surface area is 170 Å². The molecule has 2 aromatic rings. The van der Waals surface area contributed by atoms with E-state index in [2.05, 4.69) is 15.6 Å². The molecular weight excluding hydrogens is 448 g/mol. The highest BCUT2D eigenvalue weighted by Crippen LogP contribution is 2.21. The van der Waals surface area contributed by atoms with Gasteiger partial charge in [-0.05, 0) is 49.2 Å². The number of methoxy groups -OCH3 is 1. The van der Waals surface area contributed by atoms with E-state index < -0.39 is 0 Å². The molecule has 2 aromatic carbocycles. The summed E-state index contributed by atoms with van der Waals surface area (Å²) in [6, 6.07) is 11.7. The third kappa shape index (κ3) is 6.36. The van der Waals surface area contributed by atoms with Gasteiger partial charge in [-0.15, -0.1) is 24.0 Å². The summed E-state index contributed by atoms with van der Waals surface area (Å²) in [6.07, 6.45) is 0. The number of hydrogen-bond donors (Lipinski definition) is 3. The van der Waals surface area contributed by atoms with E-state index in [1.165, 1.54) is 13.2 Å². The van der Waals surface area contributed by atoms with Gasteiger partial charge in [-0.3, -0.25) is 0 Å². The lowest BCUT2D eigenvalue weighted by atomic mass is 10.1. The summed E-state index contributed by atoms with van der Waals surface area (Å²) < 4.78 is 18.8. The lowest BCUT2D eigenvalue weighted by Crippen LogP contribution is -2.38. The SMILES string of the molecule is CCNC(=NCc1ccc(O)cc1)NC(C)c1ccc(OC)c(F)c1.I. The molecule has 0 heterocycles. The Morgan fingerprint density at radius 1 is 1.23 bits per heavy atom. The van der Waals surface area contributed by atoms with Crippen LogP contribution in [0.15, 0.2) is 47.5 Å². The van der Waals surface area contributed by atoms with Gasteiger partial charge >= 0.3 is 0 Å². The van der Waals surface area contributed by atoms with E-state index in [0.29, 0.717) is 19.0 Å². The molecule has 3 N–H and O–H groups in total. The second-order valence-corrected chi connectivity index (χ2v) is 5.62. The Morgan fingerprint density at radius 2 is 1.92 bits per heavy atom. The molecule has 1 atom stereocenters. The number of guanidine groups is 1. The molecule has 0 aromatic heterocycles. The summed E-state index contributed by atoms with van der Waals surface area (Å²) >= 11 is 0. The van der Waals surface area contributed by atoms with Crippen molar-refractivity contribution in [3.05, 3.63) is 59.4 Å². The summed E-state index contributed by atoms with van der Waals surface area (Å²) in [6.45, 7) is 5.11. The largest absolute Gasteiger partial charge is 0.508 e. The lowest BCUT2D eigenvalue weighted by Gasteiger charge is -2.18. The minimum atomic E-state index is -0.389. The molecule has 0 amide bonds. The second kappa shape index (κ2) is 10.8. The van der Waals surface area contributed by atoms with Crippen molar-refractivity contribution in [3.63, 3.8) is 0 Å². The molecule has 26 heavy (non-hydrogen) atoms. The summed E-state index contributed by atoms with van der Waals surface area (Å²) in [5.74, 6) is 0.704. The molecule has 5 nitrogen and oxygen atoms in total. The van der Waals surface area contributed by atoms with Gasteiger partial charge in [0.2, 0.25) is 0 Å². The first-order chi connectivity index (χ1) is 12.0. The summed E-state index contributed by atoms with van der Waals surface area (Å²) in [7, 11) is 1.44. The lowest BCUT2D eigenvalue weighted by molar-refractivity contribution is 0.386. The summed E-state index contributed by atoms with van der Waals surface area (Å²) in [5, 5.41) is 15.8. The number of nitrogens with zero attached hydrogens (tertiary/aromatic N) is 1. The smallest absolute Gasteiger partial charge is 0.192 e. The number of hydrogen-bond acceptors (Lipinski definition) is 3. The molecule has 0 fully saturated rings. The first-order valence-electron chi connectivity index (χ1n) is 8.19. The first-order valence-corrected chi connectivity index (χ1v) is 8.19. The number of aliphatic imine (C=N–C) groups is 1. The number of aromatic hydroxyl groups is 1. The molecule has 1 unspecified atom stereocenters. The molecule has 7 heteroatoms. The number of nitrogens with one attached hydrogen (secondary N) is 2. The van der Waals surface area contributed by atoms with Crippen molar-refractivity contribution in [2.45, 2.75) is 26.4 Å². The Bertz CT molecular complexity index is 723. The van der Waals surface area contributed by atoms with E-state index >= 15 is 0 Å².